The summed E-state index contributed by atoms with van der Waals surface area (Å²) in [5.41, 5.74) is 1.15. The van der Waals surface area contributed by atoms with E-state index in [4.69, 9.17) is 28.3 Å². The average Bonchev–Trinajstić information content (AvgIpc) is 2.33. The quantitative estimate of drug-likeness (QED) is 0.940. The molecular formula is C12H8Cl2N2O2. The summed E-state index contributed by atoms with van der Waals surface area (Å²) in [5, 5.41) is 9.44. The zero-order valence-corrected chi connectivity index (χ0v) is 10.6. The standard InChI is InChI=1S/C12H8Cl2N2O2/c13-9-3-1-2-8(11(9)14)12-15-5-7(6-16-12)4-10(17)18/h1-3,5-6H,4H2,(H,17,18). The number of rotatable bonds is 3. The lowest BCUT2D eigenvalue weighted by molar-refractivity contribution is -0.136. The fourth-order valence-corrected chi connectivity index (χ4v) is 1.82. The van der Waals surface area contributed by atoms with Gasteiger partial charge in [-0.2, -0.15) is 0 Å². The Balaban J connectivity index is 2.34. The van der Waals surface area contributed by atoms with Crippen LogP contribution in [0.5, 0.6) is 0 Å². The van der Waals surface area contributed by atoms with E-state index in [2.05, 4.69) is 9.97 Å². The minimum atomic E-state index is -0.924. The maximum absolute atomic E-state index is 10.5. The number of nitrogens with zero attached hydrogens (tertiary/aromatic N) is 2. The van der Waals surface area contributed by atoms with Crippen molar-refractivity contribution in [2.75, 3.05) is 0 Å². The molecule has 0 aliphatic heterocycles. The van der Waals surface area contributed by atoms with E-state index in [-0.39, 0.29) is 6.42 Å². The molecule has 2 aromatic rings. The third-order valence-corrected chi connectivity index (χ3v) is 3.07. The molecule has 2 rings (SSSR count). The molecule has 4 nitrogen and oxygen atoms in total. The lowest BCUT2D eigenvalue weighted by atomic mass is 10.2. The molecule has 1 N–H and O–H groups in total. The third kappa shape index (κ3) is 2.78. The maximum Gasteiger partial charge on any atom is 0.307 e. The van der Waals surface area contributed by atoms with Gasteiger partial charge >= 0.3 is 5.97 Å². The van der Waals surface area contributed by atoms with Crippen LogP contribution in [0.1, 0.15) is 5.56 Å². The van der Waals surface area contributed by atoms with E-state index < -0.39 is 5.97 Å². The van der Waals surface area contributed by atoms with E-state index in [0.29, 0.717) is 27.0 Å². The van der Waals surface area contributed by atoms with Crippen LogP contribution in [0.25, 0.3) is 11.4 Å². The molecule has 92 valence electrons. The lowest BCUT2D eigenvalue weighted by Gasteiger charge is -2.04. The van der Waals surface area contributed by atoms with Crippen LogP contribution in [0, 0.1) is 0 Å². The second-order valence-electron chi connectivity index (χ2n) is 3.59. The topological polar surface area (TPSA) is 63.1 Å². The van der Waals surface area contributed by atoms with Crippen LogP contribution >= 0.6 is 23.2 Å². The van der Waals surface area contributed by atoms with Crippen molar-refractivity contribution in [3.63, 3.8) is 0 Å². The summed E-state index contributed by atoms with van der Waals surface area (Å²) in [6.45, 7) is 0. The van der Waals surface area contributed by atoms with Gasteiger partial charge in [0.05, 0.1) is 16.5 Å². The number of benzene rings is 1. The largest absolute Gasteiger partial charge is 0.481 e. The molecule has 0 unspecified atom stereocenters. The first kappa shape index (κ1) is 12.8. The predicted molar refractivity (Wildman–Crippen MR) is 68.8 cm³/mol. The first-order valence-electron chi connectivity index (χ1n) is 5.05. The Hall–Kier alpha value is -1.65. The van der Waals surface area contributed by atoms with Gasteiger partial charge in [0.25, 0.3) is 0 Å². The Morgan fingerprint density at radius 3 is 2.50 bits per heavy atom. The smallest absolute Gasteiger partial charge is 0.307 e. The highest BCUT2D eigenvalue weighted by Crippen LogP contribution is 2.31. The normalized spacial score (nSPS) is 10.3. The van der Waals surface area contributed by atoms with E-state index in [1.807, 2.05) is 0 Å². The van der Waals surface area contributed by atoms with Crippen molar-refractivity contribution in [2.45, 2.75) is 6.42 Å². The van der Waals surface area contributed by atoms with Gasteiger partial charge < -0.3 is 5.11 Å². The fraction of sp³-hybridized carbons (Fsp3) is 0.0833. The van der Waals surface area contributed by atoms with Gasteiger partial charge in [-0.05, 0) is 17.7 Å². The van der Waals surface area contributed by atoms with E-state index in [9.17, 15) is 4.79 Å². The number of carboxylic acid groups (broad SMARTS) is 1. The van der Waals surface area contributed by atoms with Crippen LogP contribution in [0.15, 0.2) is 30.6 Å². The highest BCUT2D eigenvalue weighted by Gasteiger charge is 2.09. The SMILES string of the molecule is O=C(O)Cc1cnc(-c2cccc(Cl)c2Cl)nc1. The van der Waals surface area contributed by atoms with Crippen LogP contribution in [0.2, 0.25) is 10.0 Å². The fourth-order valence-electron chi connectivity index (χ4n) is 1.44. The van der Waals surface area contributed by atoms with Crippen LogP contribution < -0.4 is 0 Å². The van der Waals surface area contributed by atoms with Gasteiger partial charge in [0.15, 0.2) is 5.82 Å². The Bertz CT molecular complexity index is 585. The molecule has 1 aromatic heterocycles. The van der Waals surface area contributed by atoms with Gasteiger partial charge in [-0.3, -0.25) is 4.79 Å². The van der Waals surface area contributed by atoms with E-state index in [1.165, 1.54) is 12.4 Å². The lowest BCUT2D eigenvalue weighted by Crippen LogP contribution is -2.01. The zero-order valence-electron chi connectivity index (χ0n) is 9.10. The molecule has 6 heteroatoms. The van der Waals surface area contributed by atoms with Crippen molar-refractivity contribution >= 4 is 29.2 Å². The third-order valence-electron chi connectivity index (χ3n) is 2.25. The highest BCUT2D eigenvalue weighted by molar-refractivity contribution is 6.43. The molecule has 0 spiro atoms. The summed E-state index contributed by atoms with van der Waals surface area (Å²) in [6.07, 6.45) is 2.82. The van der Waals surface area contributed by atoms with E-state index in [0.717, 1.165) is 0 Å². The monoisotopic (exact) mass is 282 g/mol. The Kier molecular flexibility index (Phi) is 3.79. The summed E-state index contributed by atoms with van der Waals surface area (Å²) in [5.74, 6) is -0.510. The van der Waals surface area contributed by atoms with Gasteiger partial charge in [-0.25, -0.2) is 9.97 Å². The van der Waals surface area contributed by atoms with Crippen LogP contribution in [0.3, 0.4) is 0 Å². The van der Waals surface area contributed by atoms with E-state index in [1.54, 1.807) is 18.2 Å². The maximum atomic E-state index is 10.5. The van der Waals surface area contributed by atoms with Crippen molar-refractivity contribution in [3.8, 4) is 11.4 Å². The molecule has 0 atom stereocenters. The number of halogens is 2. The first-order valence-corrected chi connectivity index (χ1v) is 5.80. The second kappa shape index (κ2) is 5.33. The molecular weight excluding hydrogens is 275 g/mol. The molecule has 0 aliphatic carbocycles. The number of hydrogen-bond donors (Lipinski definition) is 1. The molecule has 1 aromatic carbocycles. The number of carboxylic acids is 1. The van der Waals surface area contributed by atoms with Gasteiger partial charge in [0.2, 0.25) is 0 Å². The van der Waals surface area contributed by atoms with Crippen LogP contribution in [-0.4, -0.2) is 21.0 Å². The van der Waals surface area contributed by atoms with Gasteiger partial charge in [0, 0.05) is 18.0 Å². The van der Waals surface area contributed by atoms with Gasteiger partial charge in [0.1, 0.15) is 0 Å². The summed E-state index contributed by atoms with van der Waals surface area (Å²) in [7, 11) is 0. The number of carbonyl (C=O) groups is 1. The Morgan fingerprint density at radius 1 is 1.22 bits per heavy atom. The second-order valence-corrected chi connectivity index (χ2v) is 4.37. The molecule has 0 amide bonds. The molecule has 18 heavy (non-hydrogen) atoms. The molecule has 0 aliphatic rings. The van der Waals surface area contributed by atoms with Crippen molar-refractivity contribution in [2.24, 2.45) is 0 Å². The molecule has 0 bridgehead atoms. The summed E-state index contributed by atoms with van der Waals surface area (Å²) < 4.78 is 0. The highest BCUT2D eigenvalue weighted by atomic mass is 35.5. The van der Waals surface area contributed by atoms with Crippen molar-refractivity contribution < 1.29 is 9.90 Å². The Labute approximate surface area is 113 Å². The molecule has 0 radical (unpaired) electrons. The summed E-state index contributed by atoms with van der Waals surface area (Å²) in [4.78, 5) is 18.7. The van der Waals surface area contributed by atoms with Crippen molar-refractivity contribution in [1.82, 2.24) is 9.97 Å². The minimum Gasteiger partial charge on any atom is -0.481 e. The number of aromatic nitrogens is 2. The number of hydrogen-bond acceptors (Lipinski definition) is 3. The van der Waals surface area contributed by atoms with Gasteiger partial charge in [-0.1, -0.05) is 29.3 Å². The van der Waals surface area contributed by atoms with E-state index >= 15 is 0 Å². The van der Waals surface area contributed by atoms with Crippen LogP contribution in [-0.2, 0) is 11.2 Å². The summed E-state index contributed by atoms with van der Waals surface area (Å²) in [6, 6.07) is 5.17. The Morgan fingerprint density at radius 2 is 1.89 bits per heavy atom. The molecule has 0 fully saturated rings. The van der Waals surface area contributed by atoms with Gasteiger partial charge in [-0.15, -0.1) is 0 Å². The first-order chi connectivity index (χ1) is 8.58. The predicted octanol–water partition coefficient (Wildman–Crippen LogP) is 3.08. The molecule has 1 heterocycles. The zero-order chi connectivity index (χ0) is 13.1. The van der Waals surface area contributed by atoms with Crippen LogP contribution in [0.4, 0.5) is 0 Å². The van der Waals surface area contributed by atoms with Crippen molar-refractivity contribution in [3.05, 3.63) is 46.2 Å². The average molecular weight is 283 g/mol. The van der Waals surface area contributed by atoms with Crippen molar-refractivity contribution in [1.29, 1.82) is 0 Å². The summed E-state index contributed by atoms with van der Waals surface area (Å²) >= 11 is 11.9. The number of aliphatic carboxylic acids is 1. The minimum absolute atomic E-state index is 0.108. The molecule has 0 saturated heterocycles. The molecule has 0 saturated carbocycles.